The number of sulfonamides is 1. The predicted molar refractivity (Wildman–Crippen MR) is 89.8 cm³/mol. The van der Waals surface area contributed by atoms with E-state index in [2.05, 4.69) is 4.72 Å². The van der Waals surface area contributed by atoms with E-state index in [0.717, 1.165) is 0 Å². The van der Waals surface area contributed by atoms with E-state index in [1.54, 1.807) is 32.0 Å². The van der Waals surface area contributed by atoms with Crippen molar-refractivity contribution in [1.82, 2.24) is 0 Å². The van der Waals surface area contributed by atoms with Crippen LogP contribution in [0.2, 0.25) is 0 Å². The summed E-state index contributed by atoms with van der Waals surface area (Å²) in [6.07, 6.45) is 0. The van der Waals surface area contributed by atoms with Crippen LogP contribution in [0.5, 0.6) is 0 Å². The van der Waals surface area contributed by atoms with Crippen molar-refractivity contribution in [2.75, 3.05) is 11.3 Å². The van der Waals surface area contributed by atoms with E-state index in [1.165, 1.54) is 24.3 Å². The molecule has 2 rings (SSSR count). The Morgan fingerprint density at radius 1 is 1.17 bits per heavy atom. The fraction of sp³-hybridized carbons (Fsp3) is 0.235. The summed E-state index contributed by atoms with van der Waals surface area (Å²) in [5.74, 6) is -1.23. The molecule has 24 heavy (non-hydrogen) atoms. The van der Waals surface area contributed by atoms with E-state index in [4.69, 9.17) is 4.74 Å². The highest BCUT2D eigenvalue weighted by atomic mass is 32.2. The van der Waals surface area contributed by atoms with Gasteiger partial charge in [-0.25, -0.2) is 17.6 Å². The summed E-state index contributed by atoms with van der Waals surface area (Å²) in [5.41, 5.74) is 1.56. The maximum atomic E-state index is 12.9. The van der Waals surface area contributed by atoms with E-state index >= 15 is 0 Å². The van der Waals surface area contributed by atoms with Crippen molar-refractivity contribution in [2.24, 2.45) is 0 Å². The lowest BCUT2D eigenvalue weighted by Gasteiger charge is -2.13. The van der Waals surface area contributed by atoms with Crippen LogP contribution >= 0.6 is 0 Å². The summed E-state index contributed by atoms with van der Waals surface area (Å²) in [6, 6.07) is 9.96. The third-order valence-corrected chi connectivity index (χ3v) is 4.61. The van der Waals surface area contributed by atoms with Crippen LogP contribution in [0.1, 0.15) is 28.4 Å². The third kappa shape index (κ3) is 4.55. The van der Waals surface area contributed by atoms with Crippen LogP contribution in [-0.4, -0.2) is 21.0 Å². The molecule has 0 radical (unpaired) electrons. The van der Waals surface area contributed by atoms with E-state index < -0.39 is 21.8 Å². The summed E-state index contributed by atoms with van der Waals surface area (Å²) in [4.78, 5) is 11.9. The number of benzene rings is 2. The lowest BCUT2D eigenvalue weighted by Crippen LogP contribution is -2.17. The smallest absolute Gasteiger partial charge is 0.338 e. The van der Waals surface area contributed by atoms with Gasteiger partial charge in [0.05, 0.1) is 23.6 Å². The molecule has 0 unspecified atom stereocenters. The first-order chi connectivity index (χ1) is 11.3. The molecule has 7 heteroatoms. The Bertz CT molecular complexity index is 832. The number of nitrogens with one attached hydrogen (secondary N) is 1. The molecule has 0 saturated heterocycles. The van der Waals surface area contributed by atoms with Gasteiger partial charge in [0.15, 0.2) is 0 Å². The van der Waals surface area contributed by atoms with E-state index in [0.29, 0.717) is 22.4 Å². The van der Waals surface area contributed by atoms with E-state index in [-0.39, 0.29) is 12.4 Å². The molecule has 0 spiro atoms. The first-order valence-electron chi connectivity index (χ1n) is 7.34. The Labute approximate surface area is 140 Å². The summed E-state index contributed by atoms with van der Waals surface area (Å²) in [6.45, 7) is 3.57. The second-order valence-corrected chi connectivity index (χ2v) is 6.91. The Balaban J connectivity index is 2.21. The van der Waals surface area contributed by atoms with Gasteiger partial charge in [0.25, 0.3) is 0 Å². The first-order valence-corrected chi connectivity index (χ1v) is 8.99. The molecule has 1 N–H and O–H groups in total. The number of anilines is 1. The molecule has 0 heterocycles. The molecular weight excluding hydrogens is 333 g/mol. The molecule has 0 bridgehead atoms. The topological polar surface area (TPSA) is 72.5 Å². The highest BCUT2D eigenvalue weighted by Gasteiger charge is 2.17. The molecular formula is C17H18FNO4S. The maximum Gasteiger partial charge on any atom is 0.338 e. The zero-order valence-electron chi connectivity index (χ0n) is 13.4. The Kier molecular flexibility index (Phi) is 5.56. The van der Waals surface area contributed by atoms with Crippen LogP contribution in [0.3, 0.4) is 0 Å². The molecule has 0 aromatic heterocycles. The van der Waals surface area contributed by atoms with Crippen molar-refractivity contribution in [3.8, 4) is 0 Å². The van der Waals surface area contributed by atoms with Gasteiger partial charge in [0.2, 0.25) is 10.0 Å². The molecule has 2 aromatic rings. The molecule has 0 fully saturated rings. The van der Waals surface area contributed by atoms with Gasteiger partial charge in [0.1, 0.15) is 5.82 Å². The molecule has 0 aliphatic rings. The molecule has 0 saturated carbocycles. The van der Waals surface area contributed by atoms with Gasteiger partial charge in [-0.3, -0.25) is 4.72 Å². The van der Waals surface area contributed by atoms with Crippen LogP contribution < -0.4 is 4.72 Å². The van der Waals surface area contributed by atoms with Gasteiger partial charge < -0.3 is 4.74 Å². The number of halogens is 1. The van der Waals surface area contributed by atoms with Gasteiger partial charge in [-0.2, -0.15) is 0 Å². The summed E-state index contributed by atoms with van der Waals surface area (Å²) < 4.78 is 44.9. The van der Waals surface area contributed by atoms with Crippen molar-refractivity contribution >= 4 is 21.7 Å². The molecule has 0 amide bonds. The van der Waals surface area contributed by atoms with Crippen molar-refractivity contribution in [1.29, 1.82) is 0 Å². The Morgan fingerprint density at radius 3 is 2.46 bits per heavy atom. The molecule has 0 atom stereocenters. The lowest BCUT2D eigenvalue weighted by atomic mass is 10.1. The van der Waals surface area contributed by atoms with Gasteiger partial charge in [-0.1, -0.05) is 18.2 Å². The standard InChI is InChI=1S/C17H18FNO4S/c1-3-23-17(20)15-5-4-6-16(12(15)2)19-24(21,22)11-13-7-9-14(18)10-8-13/h4-10,19H,3,11H2,1-2H3. The normalized spacial score (nSPS) is 11.1. The van der Waals surface area contributed by atoms with Gasteiger partial charge in [0, 0.05) is 0 Å². The SMILES string of the molecule is CCOC(=O)c1cccc(NS(=O)(=O)Cc2ccc(F)cc2)c1C. The molecule has 5 nitrogen and oxygen atoms in total. The van der Waals surface area contributed by atoms with Gasteiger partial charge >= 0.3 is 5.97 Å². The monoisotopic (exact) mass is 351 g/mol. The largest absolute Gasteiger partial charge is 0.462 e. The van der Waals surface area contributed by atoms with Crippen molar-refractivity contribution in [3.63, 3.8) is 0 Å². The van der Waals surface area contributed by atoms with Crippen LogP contribution in [0.25, 0.3) is 0 Å². The zero-order chi connectivity index (χ0) is 17.7. The minimum Gasteiger partial charge on any atom is -0.462 e. The number of ether oxygens (including phenoxy) is 1. The van der Waals surface area contributed by atoms with Gasteiger partial charge in [-0.15, -0.1) is 0 Å². The average Bonchev–Trinajstić information content (AvgIpc) is 2.51. The second kappa shape index (κ2) is 7.44. The lowest BCUT2D eigenvalue weighted by molar-refractivity contribution is 0.0525. The Morgan fingerprint density at radius 2 is 1.83 bits per heavy atom. The van der Waals surface area contributed by atoms with Crippen molar-refractivity contribution < 1.29 is 22.3 Å². The third-order valence-electron chi connectivity index (χ3n) is 3.36. The summed E-state index contributed by atoms with van der Waals surface area (Å²) in [5, 5.41) is 0. The maximum absolute atomic E-state index is 12.9. The molecule has 2 aromatic carbocycles. The van der Waals surface area contributed by atoms with Crippen LogP contribution in [0, 0.1) is 12.7 Å². The Hall–Kier alpha value is -2.41. The quantitative estimate of drug-likeness (QED) is 0.811. The van der Waals surface area contributed by atoms with Crippen LogP contribution in [-0.2, 0) is 20.5 Å². The minimum atomic E-state index is -3.70. The fourth-order valence-electron chi connectivity index (χ4n) is 2.18. The van der Waals surface area contributed by atoms with E-state index in [9.17, 15) is 17.6 Å². The number of esters is 1. The summed E-state index contributed by atoms with van der Waals surface area (Å²) >= 11 is 0. The number of carbonyl (C=O) groups is 1. The number of hydrogen-bond donors (Lipinski definition) is 1. The van der Waals surface area contributed by atoms with Crippen LogP contribution in [0.15, 0.2) is 42.5 Å². The average molecular weight is 351 g/mol. The minimum absolute atomic E-state index is 0.235. The van der Waals surface area contributed by atoms with Crippen molar-refractivity contribution in [3.05, 3.63) is 65.0 Å². The number of rotatable bonds is 6. The second-order valence-electron chi connectivity index (χ2n) is 5.19. The van der Waals surface area contributed by atoms with Gasteiger partial charge in [-0.05, 0) is 49.2 Å². The zero-order valence-corrected chi connectivity index (χ0v) is 14.2. The number of hydrogen-bond acceptors (Lipinski definition) is 4. The fourth-order valence-corrected chi connectivity index (χ4v) is 3.44. The highest BCUT2D eigenvalue weighted by molar-refractivity contribution is 7.91. The molecule has 0 aliphatic carbocycles. The summed E-state index contributed by atoms with van der Waals surface area (Å²) in [7, 11) is -3.70. The van der Waals surface area contributed by atoms with E-state index in [1.807, 2.05) is 0 Å². The molecule has 128 valence electrons. The predicted octanol–water partition coefficient (Wildman–Crippen LogP) is 3.25. The first kappa shape index (κ1) is 17.9. The number of carbonyl (C=O) groups excluding carboxylic acids is 1. The highest BCUT2D eigenvalue weighted by Crippen LogP contribution is 2.22. The molecule has 0 aliphatic heterocycles. The van der Waals surface area contributed by atoms with Crippen molar-refractivity contribution in [2.45, 2.75) is 19.6 Å². The van der Waals surface area contributed by atoms with Crippen LogP contribution in [0.4, 0.5) is 10.1 Å².